The number of thioether (sulfide) groups is 1. The van der Waals surface area contributed by atoms with Gasteiger partial charge >= 0.3 is 5.51 Å². The SMILES string of the molecule is Fc1cc(CCCCl)cc(SC(F)(F)F)c1. The molecule has 0 spiro atoms. The lowest BCUT2D eigenvalue weighted by atomic mass is 10.1. The van der Waals surface area contributed by atoms with Crippen molar-refractivity contribution in [3.8, 4) is 0 Å². The number of alkyl halides is 4. The van der Waals surface area contributed by atoms with E-state index in [4.69, 9.17) is 11.6 Å². The van der Waals surface area contributed by atoms with Gasteiger partial charge in [-0.3, -0.25) is 0 Å². The van der Waals surface area contributed by atoms with Gasteiger partial charge in [-0.25, -0.2) is 4.39 Å². The largest absolute Gasteiger partial charge is 0.446 e. The topological polar surface area (TPSA) is 0 Å². The highest BCUT2D eigenvalue weighted by atomic mass is 35.5. The maximum Gasteiger partial charge on any atom is 0.446 e. The Morgan fingerprint density at radius 2 is 1.88 bits per heavy atom. The van der Waals surface area contributed by atoms with Crippen LogP contribution in [0.2, 0.25) is 0 Å². The molecule has 0 saturated heterocycles. The lowest BCUT2D eigenvalue weighted by Crippen LogP contribution is -2.00. The molecule has 0 amide bonds. The quantitative estimate of drug-likeness (QED) is 0.438. The van der Waals surface area contributed by atoms with Crippen LogP contribution in [0.3, 0.4) is 0 Å². The second-order valence-corrected chi connectivity index (χ2v) is 4.65. The van der Waals surface area contributed by atoms with Crippen molar-refractivity contribution in [2.24, 2.45) is 0 Å². The maximum atomic E-state index is 13.0. The Labute approximate surface area is 100.0 Å². The summed E-state index contributed by atoms with van der Waals surface area (Å²) in [6.45, 7) is 0. The first kappa shape index (κ1) is 13.6. The number of aryl methyl sites for hydroxylation is 1. The molecule has 0 atom stereocenters. The van der Waals surface area contributed by atoms with E-state index < -0.39 is 11.3 Å². The van der Waals surface area contributed by atoms with E-state index in [0.717, 1.165) is 6.07 Å². The average molecular weight is 273 g/mol. The fraction of sp³-hybridized carbons (Fsp3) is 0.400. The molecular formula is C10H9ClF4S. The molecule has 0 nitrogen and oxygen atoms in total. The second kappa shape index (κ2) is 5.77. The third-order valence-corrected chi connectivity index (χ3v) is 2.73. The first-order chi connectivity index (χ1) is 7.40. The van der Waals surface area contributed by atoms with E-state index in [1.54, 1.807) is 0 Å². The molecular weight excluding hydrogens is 264 g/mol. The van der Waals surface area contributed by atoms with Crippen LogP contribution in [0.5, 0.6) is 0 Å². The highest BCUT2D eigenvalue weighted by Crippen LogP contribution is 2.37. The molecule has 0 saturated carbocycles. The predicted molar refractivity (Wildman–Crippen MR) is 57.4 cm³/mol. The van der Waals surface area contributed by atoms with E-state index >= 15 is 0 Å². The van der Waals surface area contributed by atoms with Gasteiger partial charge in [-0.05, 0) is 48.4 Å². The average Bonchev–Trinajstić information content (AvgIpc) is 2.10. The van der Waals surface area contributed by atoms with Gasteiger partial charge in [0, 0.05) is 10.8 Å². The summed E-state index contributed by atoms with van der Waals surface area (Å²) in [7, 11) is 0. The molecule has 0 unspecified atom stereocenters. The number of benzene rings is 1. The first-order valence-corrected chi connectivity index (χ1v) is 5.87. The smallest absolute Gasteiger partial charge is 0.207 e. The van der Waals surface area contributed by atoms with Gasteiger partial charge in [-0.2, -0.15) is 13.2 Å². The zero-order valence-electron chi connectivity index (χ0n) is 8.15. The van der Waals surface area contributed by atoms with E-state index in [1.165, 1.54) is 12.1 Å². The molecule has 6 heteroatoms. The zero-order chi connectivity index (χ0) is 12.2. The van der Waals surface area contributed by atoms with Crippen molar-refractivity contribution in [3.63, 3.8) is 0 Å². The van der Waals surface area contributed by atoms with Gasteiger partial charge in [-0.1, -0.05) is 0 Å². The number of hydrogen-bond donors (Lipinski definition) is 0. The van der Waals surface area contributed by atoms with E-state index in [9.17, 15) is 17.6 Å². The van der Waals surface area contributed by atoms with Crippen molar-refractivity contribution in [1.82, 2.24) is 0 Å². The number of rotatable bonds is 4. The summed E-state index contributed by atoms with van der Waals surface area (Å²) >= 11 is 5.15. The Bertz CT molecular complexity index is 351. The molecule has 0 N–H and O–H groups in total. The molecule has 0 heterocycles. The molecule has 0 aliphatic carbocycles. The normalized spacial score (nSPS) is 11.8. The van der Waals surface area contributed by atoms with Gasteiger partial charge in [0.05, 0.1) is 0 Å². The molecule has 0 fully saturated rings. The maximum absolute atomic E-state index is 13.0. The van der Waals surface area contributed by atoms with E-state index in [0.29, 0.717) is 24.3 Å². The zero-order valence-corrected chi connectivity index (χ0v) is 9.72. The van der Waals surface area contributed by atoms with Crippen molar-refractivity contribution in [1.29, 1.82) is 0 Å². The Kier molecular flexibility index (Phi) is 4.92. The van der Waals surface area contributed by atoms with Crippen LogP contribution in [0.4, 0.5) is 17.6 Å². The minimum atomic E-state index is -4.39. The van der Waals surface area contributed by atoms with Gasteiger partial charge in [0.1, 0.15) is 5.82 Å². The Morgan fingerprint density at radius 3 is 2.44 bits per heavy atom. The summed E-state index contributed by atoms with van der Waals surface area (Å²) in [6.07, 6.45) is 1.09. The van der Waals surface area contributed by atoms with Gasteiger partial charge in [0.25, 0.3) is 0 Å². The van der Waals surface area contributed by atoms with Crippen LogP contribution in [0, 0.1) is 5.82 Å². The highest BCUT2D eigenvalue weighted by molar-refractivity contribution is 8.00. The summed E-state index contributed by atoms with van der Waals surface area (Å²) in [5, 5.41) is 0. The number of halogens is 5. The Balaban J connectivity index is 2.81. The third-order valence-electron chi connectivity index (χ3n) is 1.76. The van der Waals surface area contributed by atoms with Crippen molar-refractivity contribution < 1.29 is 17.6 Å². The summed E-state index contributed by atoms with van der Waals surface area (Å²) < 4.78 is 49.2. The van der Waals surface area contributed by atoms with Gasteiger partial charge < -0.3 is 0 Å². The summed E-state index contributed by atoms with van der Waals surface area (Å²) in [4.78, 5) is -0.128. The van der Waals surface area contributed by atoms with Crippen LogP contribution in [-0.4, -0.2) is 11.4 Å². The van der Waals surface area contributed by atoms with E-state index in [2.05, 4.69) is 0 Å². The van der Waals surface area contributed by atoms with E-state index in [1.807, 2.05) is 0 Å². The molecule has 0 radical (unpaired) electrons. The molecule has 0 aliphatic heterocycles. The summed E-state index contributed by atoms with van der Waals surface area (Å²) in [6, 6.07) is 3.45. The summed E-state index contributed by atoms with van der Waals surface area (Å²) in [5.74, 6) is -0.253. The van der Waals surface area contributed by atoms with Crippen LogP contribution < -0.4 is 0 Å². The van der Waals surface area contributed by atoms with Gasteiger partial charge in [0.2, 0.25) is 0 Å². The highest BCUT2D eigenvalue weighted by Gasteiger charge is 2.29. The molecule has 16 heavy (non-hydrogen) atoms. The molecule has 1 aromatic carbocycles. The third kappa shape index (κ3) is 5.07. The minimum Gasteiger partial charge on any atom is -0.207 e. The predicted octanol–water partition coefficient (Wildman–Crippen LogP) is 4.61. The molecule has 0 aromatic heterocycles. The van der Waals surface area contributed by atoms with Crippen LogP contribution in [0.25, 0.3) is 0 Å². The first-order valence-electron chi connectivity index (χ1n) is 4.52. The second-order valence-electron chi connectivity index (χ2n) is 3.14. The van der Waals surface area contributed by atoms with Crippen molar-refractivity contribution in [2.75, 3.05) is 5.88 Å². The molecule has 90 valence electrons. The summed E-state index contributed by atoms with van der Waals surface area (Å²) in [5.41, 5.74) is -3.86. The van der Waals surface area contributed by atoms with Crippen molar-refractivity contribution in [2.45, 2.75) is 23.2 Å². The van der Waals surface area contributed by atoms with Crippen molar-refractivity contribution >= 4 is 23.4 Å². The molecule has 1 aromatic rings. The minimum absolute atomic E-state index is 0.128. The fourth-order valence-corrected chi connectivity index (χ4v) is 2.01. The van der Waals surface area contributed by atoms with Crippen LogP contribution in [-0.2, 0) is 6.42 Å². The monoisotopic (exact) mass is 272 g/mol. The van der Waals surface area contributed by atoms with Gasteiger partial charge in [-0.15, -0.1) is 11.6 Å². The Morgan fingerprint density at radius 1 is 1.19 bits per heavy atom. The molecule has 0 aliphatic rings. The standard InChI is InChI=1S/C10H9ClF4S/c11-3-1-2-7-4-8(12)6-9(5-7)16-10(13,14)15/h4-6H,1-3H2. The lowest BCUT2D eigenvalue weighted by Gasteiger charge is -2.07. The van der Waals surface area contributed by atoms with E-state index in [-0.39, 0.29) is 16.7 Å². The number of hydrogen-bond acceptors (Lipinski definition) is 1. The lowest BCUT2D eigenvalue weighted by molar-refractivity contribution is -0.0328. The molecule has 1 rings (SSSR count). The van der Waals surface area contributed by atoms with Crippen LogP contribution >= 0.6 is 23.4 Å². The van der Waals surface area contributed by atoms with Gasteiger partial charge in [0.15, 0.2) is 0 Å². The van der Waals surface area contributed by atoms with Crippen molar-refractivity contribution in [3.05, 3.63) is 29.6 Å². The molecule has 0 bridgehead atoms. The van der Waals surface area contributed by atoms with Crippen LogP contribution in [0.1, 0.15) is 12.0 Å². The fourth-order valence-electron chi connectivity index (χ4n) is 1.23. The van der Waals surface area contributed by atoms with Crippen LogP contribution in [0.15, 0.2) is 23.1 Å². The Hall–Kier alpha value is -0.420.